The summed E-state index contributed by atoms with van der Waals surface area (Å²) in [6.45, 7) is 4.59. The molecule has 0 aromatic heterocycles. The van der Waals surface area contributed by atoms with E-state index in [2.05, 4.69) is 0 Å². The van der Waals surface area contributed by atoms with Crippen molar-refractivity contribution in [2.45, 2.75) is 38.8 Å². The summed E-state index contributed by atoms with van der Waals surface area (Å²) in [4.78, 5) is 10.8. The van der Waals surface area contributed by atoms with Crippen molar-refractivity contribution in [3.63, 3.8) is 0 Å². The second kappa shape index (κ2) is 4.82. The maximum atomic E-state index is 13.6. The topological polar surface area (TPSA) is 37.3 Å². The van der Waals surface area contributed by atoms with E-state index in [-0.39, 0.29) is 12.0 Å². The number of hydrogen-bond donors (Lipinski definition) is 1. The minimum atomic E-state index is -1.46. The third-order valence-electron chi connectivity index (χ3n) is 2.77. The molecule has 1 atom stereocenters. The number of halogens is 2. The summed E-state index contributed by atoms with van der Waals surface area (Å²) >= 11 is 0. The Bertz CT molecular complexity index is 425. The first kappa shape index (κ1) is 13.6. The van der Waals surface area contributed by atoms with Crippen LogP contribution in [0.4, 0.5) is 8.78 Å². The fourth-order valence-electron chi connectivity index (χ4n) is 2.00. The van der Waals surface area contributed by atoms with E-state index in [1.54, 1.807) is 19.9 Å². The van der Waals surface area contributed by atoms with Crippen LogP contribution in [0.1, 0.15) is 44.5 Å². The Morgan fingerprint density at radius 3 is 2.53 bits per heavy atom. The van der Waals surface area contributed by atoms with Crippen molar-refractivity contribution in [2.75, 3.05) is 0 Å². The number of rotatable bonds is 4. The predicted molar refractivity (Wildman–Crippen MR) is 61.2 cm³/mol. The predicted octanol–water partition coefficient (Wildman–Crippen LogP) is 3.61. The van der Waals surface area contributed by atoms with Gasteiger partial charge < -0.3 is 5.11 Å². The third kappa shape index (κ3) is 3.02. The molecule has 0 aliphatic heterocycles. The number of aliphatic carboxylic acids is 1. The Balaban J connectivity index is 3.30. The summed E-state index contributed by atoms with van der Waals surface area (Å²) < 4.78 is 27.0. The van der Waals surface area contributed by atoms with Gasteiger partial charge in [0.15, 0.2) is 0 Å². The molecule has 4 heteroatoms. The number of carboxylic acids is 1. The number of carbonyl (C=O) groups is 1. The molecular weight excluding hydrogens is 226 g/mol. The average molecular weight is 242 g/mol. The maximum Gasteiger partial charge on any atom is 0.304 e. The van der Waals surface area contributed by atoms with Gasteiger partial charge in [0.05, 0.1) is 6.42 Å². The first-order valence-corrected chi connectivity index (χ1v) is 5.40. The summed E-state index contributed by atoms with van der Waals surface area (Å²) in [5.74, 6) is -1.62. The van der Waals surface area contributed by atoms with Gasteiger partial charge >= 0.3 is 5.97 Å². The monoisotopic (exact) mass is 242 g/mol. The van der Waals surface area contributed by atoms with Crippen molar-refractivity contribution in [2.24, 2.45) is 0 Å². The van der Waals surface area contributed by atoms with Crippen LogP contribution in [0.25, 0.3) is 0 Å². The molecule has 0 fully saturated rings. The van der Waals surface area contributed by atoms with E-state index in [0.29, 0.717) is 5.56 Å². The Labute approximate surface area is 99.3 Å². The van der Waals surface area contributed by atoms with Crippen LogP contribution in [0.15, 0.2) is 18.2 Å². The third-order valence-corrected chi connectivity index (χ3v) is 2.77. The van der Waals surface area contributed by atoms with E-state index in [9.17, 15) is 13.6 Å². The summed E-state index contributed by atoms with van der Waals surface area (Å²) in [6.07, 6.45) is -1.63. The summed E-state index contributed by atoms with van der Waals surface area (Å²) in [5, 5.41) is 8.82. The fourth-order valence-corrected chi connectivity index (χ4v) is 2.00. The van der Waals surface area contributed by atoms with Gasteiger partial charge in [-0.25, -0.2) is 8.78 Å². The van der Waals surface area contributed by atoms with E-state index in [0.717, 1.165) is 0 Å². The highest BCUT2D eigenvalue weighted by Gasteiger charge is 2.29. The zero-order valence-corrected chi connectivity index (χ0v) is 10.1. The van der Waals surface area contributed by atoms with Crippen LogP contribution in [0, 0.1) is 5.82 Å². The van der Waals surface area contributed by atoms with Gasteiger partial charge in [0.1, 0.15) is 12.0 Å². The van der Waals surface area contributed by atoms with Crippen LogP contribution in [0.2, 0.25) is 0 Å². The fraction of sp³-hybridized carbons (Fsp3) is 0.462. The van der Waals surface area contributed by atoms with Crippen LogP contribution in [-0.4, -0.2) is 11.1 Å². The highest BCUT2D eigenvalue weighted by molar-refractivity contribution is 5.69. The van der Waals surface area contributed by atoms with E-state index in [1.165, 1.54) is 19.1 Å². The second-order valence-electron chi connectivity index (χ2n) is 4.77. The van der Waals surface area contributed by atoms with Crippen molar-refractivity contribution < 1.29 is 18.7 Å². The van der Waals surface area contributed by atoms with Gasteiger partial charge in [-0.15, -0.1) is 0 Å². The molecule has 0 saturated heterocycles. The van der Waals surface area contributed by atoms with E-state index in [4.69, 9.17) is 5.11 Å². The zero-order valence-electron chi connectivity index (χ0n) is 10.1. The van der Waals surface area contributed by atoms with Gasteiger partial charge in [-0.1, -0.05) is 26.0 Å². The minimum Gasteiger partial charge on any atom is -0.481 e. The standard InChI is InChI=1S/C13H16F2O2/c1-8(14)12-9(5-4-6-10(12)15)13(2,3)7-11(16)17/h4-6,8H,7H2,1-3H3,(H,16,17). The second-order valence-corrected chi connectivity index (χ2v) is 4.77. The molecule has 0 heterocycles. The first-order valence-electron chi connectivity index (χ1n) is 5.40. The Hall–Kier alpha value is -1.45. The molecule has 0 radical (unpaired) electrons. The van der Waals surface area contributed by atoms with Crippen LogP contribution in [0.5, 0.6) is 0 Å². The Kier molecular flexibility index (Phi) is 3.86. The summed E-state index contributed by atoms with van der Waals surface area (Å²) in [7, 11) is 0. The molecule has 1 rings (SSSR count). The molecule has 94 valence electrons. The number of carboxylic acid groups (broad SMARTS) is 1. The lowest BCUT2D eigenvalue weighted by Crippen LogP contribution is -2.24. The van der Waals surface area contributed by atoms with Crippen LogP contribution >= 0.6 is 0 Å². The molecule has 2 nitrogen and oxygen atoms in total. The van der Waals surface area contributed by atoms with Crippen molar-refractivity contribution >= 4 is 5.97 Å². The molecule has 0 spiro atoms. The average Bonchev–Trinajstić information content (AvgIpc) is 2.14. The highest BCUT2D eigenvalue weighted by Crippen LogP contribution is 2.35. The van der Waals surface area contributed by atoms with Crippen LogP contribution in [-0.2, 0) is 10.2 Å². The lowest BCUT2D eigenvalue weighted by molar-refractivity contribution is -0.138. The maximum absolute atomic E-state index is 13.6. The molecule has 17 heavy (non-hydrogen) atoms. The molecule has 1 aromatic rings. The first-order chi connectivity index (χ1) is 7.75. The lowest BCUT2D eigenvalue weighted by Gasteiger charge is -2.26. The normalized spacial score (nSPS) is 13.5. The minimum absolute atomic E-state index is 0.0428. The molecule has 1 unspecified atom stereocenters. The van der Waals surface area contributed by atoms with Crippen molar-refractivity contribution in [3.8, 4) is 0 Å². The van der Waals surface area contributed by atoms with E-state index in [1.807, 2.05) is 0 Å². The number of hydrogen-bond acceptors (Lipinski definition) is 1. The largest absolute Gasteiger partial charge is 0.481 e. The van der Waals surface area contributed by atoms with E-state index < -0.39 is 23.4 Å². The smallest absolute Gasteiger partial charge is 0.304 e. The number of alkyl halides is 1. The molecular formula is C13H16F2O2. The van der Waals surface area contributed by atoms with Gasteiger partial charge in [0, 0.05) is 11.0 Å². The SMILES string of the molecule is CC(F)c1c(F)cccc1C(C)(C)CC(=O)O. The molecule has 0 aliphatic rings. The molecule has 0 bridgehead atoms. The van der Waals surface area contributed by atoms with Gasteiger partial charge in [-0.05, 0) is 18.6 Å². The number of benzene rings is 1. The van der Waals surface area contributed by atoms with Crippen LogP contribution < -0.4 is 0 Å². The summed E-state index contributed by atoms with van der Waals surface area (Å²) in [5.41, 5.74) is -0.433. The quantitative estimate of drug-likeness (QED) is 0.875. The lowest BCUT2D eigenvalue weighted by atomic mass is 9.78. The summed E-state index contributed by atoms with van der Waals surface area (Å²) in [6, 6.07) is 4.24. The van der Waals surface area contributed by atoms with Gasteiger partial charge in [-0.2, -0.15) is 0 Å². The van der Waals surface area contributed by atoms with Gasteiger partial charge in [0.2, 0.25) is 0 Å². The van der Waals surface area contributed by atoms with E-state index >= 15 is 0 Å². The van der Waals surface area contributed by atoms with Gasteiger partial charge in [-0.3, -0.25) is 4.79 Å². The Morgan fingerprint density at radius 1 is 1.47 bits per heavy atom. The molecule has 0 amide bonds. The molecule has 0 saturated carbocycles. The Morgan fingerprint density at radius 2 is 2.06 bits per heavy atom. The molecule has 1 aromatic carbocycles. The molecule has 1 N–H and O–H groups in total. The molecule has 0 aliphatic carbocycles. The zero-order chi connectivity index (χ0) is 13.2. The van der Waals surface area contributed by atoms with Crippen molar-refractivity contribution in [3.05, 3.63) is 35.1 Å². The van der Waals surface area contributed by atoms with Crippen LogP contribution in [0.3, 0.4) is 0 Å². The van der Waals surface area contributed by atoms with Crippen molar-refractivity contribution in [1.82, 2.24) is 0 Å². The van der Waals surface area contributed by atoms with Crippen molar-refractivity contribution in [1.29, 1.82) is 0 Å². The highest BCUT2D eigenvalue weighted by atomic mass is 19.1. The van der Waals surface area contributed by atoms with Gasteiger partial charge in [0.25, 0.3) is 0 Å².